The number of amides is 2. The summed E-state index contributed by atoms with van der Waals surface area (Å²) in [6, 6.07) is 10.9. The van der Waals surface area contributed by atoms with E-state index in [1.54, 1.807) is 13.0 Å². The van der Waals surface area contributed by atoms with Crippen molar-refractivity contribution >= 4 is 17.6 Å². The minimum atomic E-state index is -0.636. The van der Waals surface area contributed by atoms with Crippen molar-refractivity contribution in [3.63, 3.8) is 0 Å². The van der Waals surface area contributed by atoms with Gasteiger partial charge in [0.25, 0.3) is 0 Å². The highest BCUT2D eigenvalue weighted by atomic mass is 16.2. The molecule has 2 heterocycles. The first kappa shape index (κ1) is 22.7. The molecule has 8 heteroatoms. The predicted molar refractivity (Wildman–Crippen MR) is 121 cm³/mol. The molecule has 1 aliphatic rings. The molecule has 0 aliphatic carbocycles. The molecule has 0 spiro atoms. The molecular formula is C23H32N6O2. The number of hydrogen-bond acceptors (Lipinski definition) is 6. The van der Waals surface area contributed by atoms with Crippen LogP contribution in [0.15, 0.2) is 36.4 Å². The van der Waals surface area contributed by atoms with Gasteiger partial charge < -0.3 is 21.7 Å². The summed E-state index contributed by atoms with van der Waals surface area (Å²) in [5.41, 5.74) is 9.84. The molecule has 3 rings (SSSR count). The fraction of sp³-hybridized carbons (Fsp3) is 0.435. The van der Waals surface area contributed by atoms with Crippen LogP contribution < -0.4 is 21.7 Å². The van der Waals surface area contributed by atoms with Crippen molar-refractivity contribution in [2.45, 2.75) is 45.9 Å². The first-order valence-corrected chi connectivity index (χ1v) is 10.6. The van der Waals surface area contributed by atoms with Crippen molar-refractivity contribution in [1.82, 2.24) is 25.8 Å². The first-order valence-electron chi connectivity index (χ1n) is 10.6. The summed E-state index contributed by atoms with van der Waals surface area (Å²) in [5.74, 6) is 0.0456. The van der Waals surface area contributed by atoms with Gasteiger partial charge in [-0.25, -0.2) is 4.98 Å². The van der Waals surface area contributed by atoms with Gasteiger partial charge in [0, 0.05) is 38.4 Å². The first-order chi connectivity index (χ1) is 14.8. The lowest BCUT2D eigenvalue weighted by molar-refractivity contribution is -0.130. The van der Waals surface area contributed by atoms with Crippen LogP contribution in [0.2, 0.25) is 0 Å². The Kier molecular flexibility index (Phi) is 7.59. The van der Waals surface area contributed by atoms with Crippen LogP contribution in [0.1, 0.15) is 29.3 Å². The number of nitrogen functional groups attached to an aromatic ring is 1. The standard InChI is InChI=1S/C23H32N6O2/c1-15-6-4-5-7-19(15)13-29-11-10-25-20(14-29)23(31)28-17(3)22(30)26-12-18-8-9-21(24)27-16(18)2/h4-9,17,20,25H,10-14H2,1-3H3,(H2,24,27)(H,26,30)(H,28,31). The lowest BCUT2D eigenvalue weighted by Crippen LogP contribution is -2.59. The maximum Gasteiger partial charge on any atom is 0.242 e. The molecule has 5 N–H and O–H groups in total. The summed E-state index contributed by atoms with van der Waals surface area (Å²) in [6.07, 6.45) is 0. The fourth-order valence-electron chi connectivity index (χ4n) is 3.67. The second-order valence-corrected chi connectivity index (χ2v) is 8.10. The maximum atomic E-state index is 12.7. The molecule has 0 saturated carbocycles. The zero-order valence-corrected chi connectivity index (χ0v) is 18.4. The van der Waals surface area contributed by atoms with E-state index in [1.807, 2.05) is 25.1 Å². The summed E-state index contributed by atoms with van der Waals surface area (Å²) in [6.45, 7) is 8.99. The van der Waals surface area contributed by atoms with Gasteiger partial charge in [0.1, 0.15) is 11.9 Å². The molecule has 1 fully saturated rings. The van der Waals surface area contributed by atoms with Crippen molar-refractivity contribution in [3.8, 4) is 0 Å². The highest BCUT2D eigenvalue weighted by Crippen LogP contribution is 2.12. The van der Waals surface area contributed by atoms with Gasteiger partial charge in [0.05, 0.1) is 6.04 Å². The van der Waals surface area contributed by atoms with Gasteiger partial charge in [0.2, 0.25) is 11.8 Å². The third-order valence-electron chi connectivity index (χ3n) is 5.65. The van der Waals surface area contributed by atoms with E-state index < -0.39 is 6.04 Å². The highest BCUT2D eigenvalue weighted by molar-refractivity contribution is 5.89. The van der Waals surface area contributed by atoms with E-state index in [9.17, 15) is 9.59 Å². The normalized spacial score (nSPS) is 17.7. The van der Waals surface area contributed by atoms with Gasteiger partial charge in [-0.1, -0.05) is 30.3 Å². The number of rotatable bonds is 7. The number of anilines is 1. The molecule has 1 aromatic carbocycles. The van der Waals surface area contributed by atoms with Crippen molar-refractivity contribution in [3.05, 3.63) is 58.8 Å². The molecule has 2 unspecified atom stereocenters. The number of carbonyl (C=O) groups excluding carboxylic acids is 2. The molecule has 0 radical (unpaired) electrons. The Morgan fingerprint density at radius 3 is 2.74 bits per heavy atom. The number of nitrogens with one attached hydrogen (secondary N) is 3. The summed E-state index contributed by atoms with van der Waals surface area (Å²) < 4.78 is 0. The van der Waals surface area contributed by atoms with Gasteiger partial charge in [-0.05, 0) is 43.5 Å². The number of pyridine rings is 1. The monoisotopic (exact) mass is 424 g/mol. The van der Waals surface area contributed by atoms with E-state index in [0.717, 1.165) is 30.9 Å². The van der Waals surface area contributed by atoms with E-state index in [4.69, 9.17) is 5.73 Å². The van der Waals surface area contributed by atoms with Gasteiger partial charge in [-0.3, -0.25) is 14.5 Å². The summed E-state index contributed by atoms with van der Waals surface area (Å²) in [4.78, 5) is 31.7. The molecule has 2 aromatic rings. The van der Waals surface area contributed by atoms with Gasteiger partial charge >= 0.3 is 0 Å². The summed E-state index contributed by atoms with van der Waals surface area (Å²) in [7, 11) is 0. The zero-order chi connectivity index (χ0) is 22.4. The van der Waals surface area contributed by atoms with E-state index in [2.05, 4.69) is 44.9 Å². The van der Waals surface area contributed by atoms with Gasteiger partial charge in [0.15, 0.2) is 0 Å². The zero-order valence-electron chi connectivity index (χ0n) is 18.4. The van der Waals surface area contributed by atoms with Crippen LogP contribution in [0, 0.1) is 13.8 Å². The largest absolute Gasteiger partial charge is 0.384 e. The van der Waals surface area contributed by atoms with E-state index in [1.165, 1.54) is 11.1 Å². The molecule has 1 saturated heterocycles. The SMILES string of the molecule is Cc1ccccc1CN1CCNC(C(=O)NC(C)C(=O)NCc2ccc(N)nc2C)C1. The number of nitrogens with two attached hydrogens (primary N) is 1. The Labute approximate surface area is 183 Å². The number of aromatic nitrogens is 1. The minimum absolute atomic E-state index is 0.164. The molecule has 1 aromatic heterocycles. The van der Waals surface area contributed by atoms with Crippen molar-refractivity contribution in [2.75, 3.05) is 25.4 Å². The molecule has 8 nitrogen and oxygen atoms in total. The Bertz CT molecular complexity index is 932. The number of hydrogen-bond donors (Lipinski definition) is 4. The van der Waals surface area contributed by atoms with Crippen molar-refractivity contribution in [2.24, 2.45) is 0 Å². The molecule has 0 bridgehead atoms. The molecule has 2 atom stereocenters. The average Bonchev–Trinajstić information content (AvgIpc) is 2.74. The van der Waals surface area contributed by atoms with E-state index in [-0.39, 0.29) is 17.9 Å². The maximum absolute atomic E-state index is 12.7. The average molecular weight is 425 g/mol. The Morgan fingerprint density at radius 1 is 1.23 bits per heavy atom. The number of carbonyl (C=O) groups is 2. The lowest BCUT2D eigenvalue weighted by Gasteiger charge is -2.33. The third kappa shape index (κ3) is 6.26. The van der Waals surface area contributed by atoms with Crippen molar-refractivity contribution in [1.29, 1.82) is 0 Å². The molecule has 166 valence electrons. The molecule has 2 amide bonds. The smallest absolute Gasteiger partial charge is 0.242 e. The Balaban J connectivity index is 1.49. The molecular weight excluding hydrogens is 392 g/mol. The lowest BCUT2D eigenvalue weighted by atomic mass is 10.1. The third-order valence-corrected chi connectivity index (χ3v) is 5.65. The second kappa shape index (κ2) is 10.4. The van der Waals surface area contributed by atoms with Crippen LogP contribution in [0.5, 0.6) is 0 Å². The second-order valence-electron chi connectivity index (χ2n) is 8.10. The predicted octanol–water partition coefficient (Wildman–Crippen LogP) is 0.876. The highest BCUT2D eigenvalue weighted by Gasteiger charge is 2.27. The topological polar surface area (TPSA) is 112 Å². The summed E-state index contributed by atoms with van der Waals surface area (Å²) >= 11 is 0. The van der Waals surface area contributed by atoms with E-state index in [0.29, 0.717) is 18.9 Å². The van der Waals surface area contributed by atoms with Gasteiger partial charge in [-0.2, -0.15) is 0 Å². The number of aryl methyl sites for hydroxylation is 2. The minimum Gasteiger partial charge on any atom is -0.384 e. The van der Waals surface area contributed by atoms with Crippen LogP contribution in [0.4, 0.5) is 5.82 Å². The fourth-order valence-corrected chi connectivity index (χ4v) is 3.67. The van der Waals surface area contributed by atoms with Crippen LogP contribution in [-0.4, -0.2) is 53.4 Å². The van der Waals surface area contributed by atoms with Crippen LogP contribution in [-0.2, 0) is 22.7 Å². The van der Waals surface area contributed by atoms with Crippen LogP contribution >= 0.6 is 0 Å². The Morgan fingerprint density at radius 2 is 2.00 bits per heavy atom. The Hall–Kier alpha value is -2.97. The molecule has 1 aliphatic heterocycles. The van der Waals surface area contributed by atoms with E-state index >= 15 is 0 Å². The number of nitrogens with zero attached hydrogens (tertiary/aromatic N) is 2. The molecule has 31 heavy (non-hydrogen) atoms. The number of piperazine rings is 1. The van der Waals surface area contributed by atoms with Crippen molar-refractivity contribution < 1.29 is 9.59 Å². The quantitative estimate of drug-likeness (QED) is 0.525. The number of benzene rings is 1. The van der Waals surface area contributed by atoms with Crippen LogP contribution in [0.25, 0.3) is 0 Å². The summed E-state index contributed by atoms with van der Waals surface area (Å²) in [5, 5.41) is 8.94. The van der Waals surface area contributed by atoms with Crippen LogP contribution in [0.3, 0.4) is 0 Å². The van der Waals surface area contributed by atoms with Gasteiger partial charge in [-0.15, -0.1) is 0 Å².